The monoisotopic (exact) mass is 414 g/mol. The molecule has 158 valence electrons. The summed E-state index contributed by atoms with van der Waals surface area (Å²) < 4.78 is 73.8. The Balaban J connectivity index is 1.63. The molecule has 0 bridgehead atoms. The standard InChI is InChI=1S/C22H23F5O2/c1-2-15-3-5-16(6-4-15)17-7-9-18(10-8-17)21(23,24)28-19-11-13-20(14-12-19)29-22(25,26)27/h7-16H,2-6H2,1H3/t15-,16-. The van der Waals surface area contributed by atoms with E-state index in [2.05, 4.69) is 11.7 Å². The third-order valence-electron chi connectivity index (χ3n) is 5.45. The molecule has 0 aromatic heterocycles. The quantitative estimate of drug-likeness (QED) is 0.459. The normalized spacial score (nSPS) is 20.3. The van der Waals surface area contributed by atoms with Crippen LogP contribution in [0.4, 0.5) is 22.0 Å². The number of alkyl halides is 5. The summed E-state index contributed by atoms with van der Waals surface area (Å²) in [7, 11) is 0. The Morgan fingerprint density at radius 3 is 1.76 bits per heavy atom. The van der Waals surface area contributed by atoms with E-state index in [1.54, 1.807) is 12.1 Å². The predicted octanol–water partition coefficient (Wildman–Crippen LogP) is 7.40. The van der Waals surface area contributed by atoms with Crippen molar-refractivity contribution in [3.05, 3.63) is 59.7 Å². The zero-order valence-corrected chi connectivity index (χ0v) is 16.0. The first-order valence-electron chi connectivity index (χ1n) is 9.69. The molecule has 2 aromatic rings. The molecule has 29 heavy (non-hydrogen) atoms. The molecule has 3 rings (SSSR count). The van der Waals surface area contributed by atoms with Gasteiger partial charge in [0, 0.05) is 0 Å². The van der Waals surface area contributed by atoms with Crippen molar-refractivity contribution in [3.63, 3.8) is 0 Å². The van der Waals surface area contributed by atoms with Crippen molar-refractivity contribution in [2.24, 2.45) is 5.92 Å². The highest BCUT2D eigenvalue weighted by atomic mass is 19.4. The summed E-state index contributed by atoms with van der Waals surface area (Å²) in [5, 5.41) is 0. The van der Waals surface area contributed by atoms with Gasteiger partial charge < -0.3 is 9.47 Å². The van der Waals surface area contributed by atoms with Crippen molar-refractivity contribution in [1.82, 2.24) is 0 Å². The molecule has 0 N–H and O–H groups in total. The molecule has 0 saturated heterocycles. The third kappa shape index (κ3) is 5.84. The van der Waals surface area contributed by atoms with Crippen LogP contribution in [0.5, 0.6) is 11.5 Å². The van der Waals surface area contributed by atoms with Crippen LogP contribution in [0.25, 0.3) is 0 Å². The Morgan fingerprint density at radius 1 is 0.759 bits per heavy atom. The van der Waals surface area contributed by atoms with E-state index in [1.807, 2.05) is 0 Å². The molecular weight excluding hydrogens is 391 g/mol. The van der Waals surface area contributed by atoms with Gasteiger partial charge >= 0.3 is 12.5 Å². The molecule has 1 aliphatic carbocycles. The van der Waals surface area contributed by atoms with Gasteiger partial charge in [0.05, 0.1) is 5.56 Å². The molecule has 2 nitrogen and oxygen atoms in total. The molecule has 1 aliphatic rings. The van der Waals surface area contributed by atoms with Crippen LogP contribution in [0.1, 0.15) is 56.1 Å². The Hall–Kier alpha value is -2.31. The Kier molecular flexibility index (Phi) is 6.34. The van der Waals surface area contributed by atoms with Crippen molar-refractivity contribution in [2.45, 2.75) is 57.4 Å². The van der Waals surface area contributed by atoms with Gasteiger partial charge in [0.1, 0.15) is 11.5 Å². The van der Waals surface area contributed by atoms with E-state index < -0.39 is 18.2 Å². The molecule has 0 aliphatic heterocycles. The number of halogens is 5. The SMILES string of the molecule is CC[C@H]1CC[C@H](c2ccc(C(F)(F)Oc3ccc(OC(F)(F)F)cc3)cc2)CC1. The minimum atomic E-state index is -4.84. The largest absolute Gasteiger partial charge is 0.573 e. The van der Waals surface area contributed by atoms with E-state index in [0.717, 1.165) is 61.4 Å². The number of rotatable bonds is 6. The molecule has 1 saturated carbocycles. The van der Waals surface area contributed by atoms with Gasteiger partial charge in [0.25, 0.3) is 0 Å². The second kappa shape index (κ2) is 8.59. The Bertz CT molecular complexity index is 776. The van der Waals surface area contributed by atoms with E-state index >= 15 is 0 Å². The molecule has 0 radical (unpaired) electrons. The first-order valence-corrected chi connectivity index (χ1v) is 9.69. The van der Waals surface area contributed by atoms with Gasteiger partial charge in [0.15, 0.2) is 0 Å². The van der Waals surface area contributed by atoms with E-state index in [4.69, 9.17) is 4.74 Å². The first-order chi connectivity index (χ1) is 13.7. The van der Waals surface area contributed by atoms with Gasteiger partial charge in [-0.3, -0.25) is 0 Å². The van der Waals surface area contributed by atoms with Crippen LogP contribution in [0, 0.1) is 5.92 Å². The summed E-state index contributed by atoms with van der Waals surface area (Å²) in [5.74, 6) is 0.389. The molecule has 0 amide bonds. The average Bonchev–Trinajstić information content (AvgIpc) is 2.68. The lowest BCUT2D eigenvalue weighted by molar-refractivity contribution is -0.274. The van der Waals surface area contributed by atoms with Crippen LogP contribution in [0.15, 0.2) is 48.5 Å². The fourth-order valence-corrected chi connectivity index (χ4v) is 3.77. The molecule has 0 atom stereocenters. The highest BCUT2D eigenvalue weighted by Crippen LogP contribution is 2.38. The molecular formula is C22H23F5O2. The van der Waals surface area contributed by atoms with E-state index in [9.17, 15) is 22.0 Å². The summed E-state index contributed by atoms with van der Waals surface area (Å²) in [6, 6.07) is 9.99. The highest BCUT2D eigenvalue weighted by Gasteiger charge is 2.35. The van der Waals surface area contributed by atoms with E-state index in [0.29, 0.717) is 5.92 Å². The van der Waals surface area contributed by atoms with Gasteiger partial charge in [-0.25, -0.2) is 0 Å². The summed E-state index contributed by atoms with van der Waals surface area (Å²) in [5.41, 5.74) is 0.742. The van der Waals surface area contributed by atoms with Crippen LogP contribution in [-0.4, -0.2) is 6.36 Å². The third-order valence-corrected chi connectivity index (χ3v) is 5.45. The van der Waals surface area contributed by atoms with Gasteiger partial charge in [-0.2, -0.15) is 8.78 Å². The van der Waals surface area contributed by atoms with Gasteiger partial charge in [0.2, 0.25) is 0 Å². The summed E-state index contributed by atoms with van der Waals surface area (Å²) in [6.07, 6.45) is -2.81. The zero-order chi connectivity index (χ0) is 21.1. The number of benzene rings is 2. The summed E-state index contributed by atoms with van der Waals surface area (Å²) in [6.45, 7) is 2.19. The molecule has 1 fully saturated rings. The van der Waals surface area contributed by atoms with E-state index in [1.165, 1.54) is 18.6 Å². The smallest absolute Gasteiger partial charge is 0.429 e. The van der Waals surface area contributed by atoms with Crippen molar-refractivity contribution < 1.29 is 31.4 Å². The van der Waals surface area contributed by atoms with Crippen molar-refractivity contribution in [2.75, 3.05) is 0 Å². The lowest BCUT2D eigenvalue weighted by Crippen LogP contribution is -2.22. The predicted molar refractivity (Wildman–Crippen MR) is 99.1 cm³/mol. The molecule has 0 spiro atoms. The van der Waals surface area contributed by atoms with Crippen LogP contribution < -0.4 is 9.47 Å². The topological polar surface area (TPSA) is 18.5 Å². The van der Waals surface area contributed by atoms with Crippen molar-refractivity contribution in [1.29, 1.82) is 0 Å². The molecule has 0 heterocycles. The molecule has 2 aromatic carbocycles. The Morgan fingerprint density at radius 2 is 1.28 bits per heavy atom. The number of ether oxygens (including phenoxy) is 2. The zero-order valence-electron chi connectivity index (χ0n) is 16.0. The average molecular weight is 414 g/mol. The fourth-order valence-electron chi connectivity index (χ4n) is 3.77. The van der Waals surface area contributed by atoms with E-state index in [-0.39, 0.29) is 11.3 Å². The van der Waals surface area contributed by atoms with Gasteiger partial charge in [-0.15, -0.1) is 13.2 Å². The summed E-state index contributed by atoms with van der Waals surface area (Å²) >= 11 is 0. The van der Waals surface area contributed by atoms with Crippen molar-refractivity contribution >= 4 is 0 Å². The lowest BCUT2D eigenvalue weighted by Gasteiger charge is -2.28. The van der Waals surface area contributed by atoms with Gasteiger partial charge in [-0.1, -0.05) is 25.5 Å². The summed E-state index contributed by atoms with van der Waals surface area (Å²) in [4.78, 5) is 0. The van der Waals surface area contributed by atoms with Crippen LogP contribution >= 0.6 is 0 Å². The highest BCUT2D eigenvalue weighted by molar-refractivity contribution is 5.33. The maximum absolute atomic E-state index is 14.5. The second-order valence-corrected chi connectivity index (χ2v) is 7.39. The van der Waals surface area contributed by atoms with Crippen LogP contribution in [0.3, 0.4) is 0 Å². The maximum atomic E-state index is 14.5. The maximum Gasteiger partial charge on any atom is 0.573 e. The first kappa shape index (κ1) is 21.4. The second-order valence-electron chi connectivity index (χ2n) is 7.39. The Labute approximate surface area is 166 Å². The van der Waals surface area contributed by atoms with Crippen LogP contribution in [0.2, 0.25) is 0 Å². The lowest BCUT2D eigenvalue weighted by atomic mass is 9.78. The van der Waals surface area contributed by atoms with Crippen LogP contribution in [-0.2, 0) is 6.11 Å². The number of hydrogen-bond donors (Lipinski definition) is 0. The molecule has 0 unspecified atom stereocenters. The van der Waals surface area contributed by atoms with Crippen molar-refractivity contribution in [3.8, 4) is 11.5 Å². The number of hydrogen-bond acceptors (Lipinski definition) is 2. The fraction of sp³-hybridized carbons (Fsp3) is 0.455. The van der Waals surface area contributed by atoms with Gasteiger partial charge in [-0.05, 0) is 79.5 Å². The minimum Gasteiger partial charge on any atom is -0.429 e. The minimum absolute atomic E-state index is 0.258. The molecule has 7 heteroatoms.